The second kappa shape index (κ2) is 4.68. The summed E-state index contributed by atoms with van der Waals surface area (Å²) < 4.78 is 0. The first-order valence-corrected chi connectivity index (χ1v) is 6.86. The zero-order chi connectivity index (χ0) is 13.4. The first-order chi connectivity index (χ1) is 9.15. The van der Waals surface area contributed by atoms with E-state index in [1.54, 1.807) is 4.90 Å². The molecule has 2 atom stereocenters. The second-order valence-electron chi connectivity index (χ2n) is 5.50. The van der Waals surface area contributed by atoms with E-state index in [4.69, 9.17) is 0 Å². The van der Waals surface area contributed by atoms with Crippen LogP contribution in [0.25, 0.3) is 0 Å². The summed E-state index contributed by atoms with van der Waals surface area (Å²) in [7, 11) is 0. The Morgan fingerprint density at radius 1 is 1.32 bits per heavy atom. The summed E-state index contributed by atoms with van der Waals surface area (Å²) in [4.78, 5) is 25.2. The Bertz CT molecular complexity index is 509. The Morgan fingerprint density at radius 3 is 2.53 bits per heavy atom. The van der Waals surface area contributed by atoms with Gasteiger partial charge < -0.3 is 10.2 Å². The van der Waals surface area contributed by atoms with Gasteiger partial charge in [-0.1, -0.05) is 6.92 Å². The molecule has 4 nitrogen and oxygen atoms in total. The van der Waals surface area contributed by atoms with Crippen molar-refractivity contribution >= 4 is 23.2 Å². The zero-order valence-electron chi connectivity index (χ0n) is 11.1. The van der Waals surface area contributed by atoms with E-state index in [-0.39, 0.29) is 17.7 Å². The van der Waals surface area contributed by atoms with Crippen molar-refractivity contribution in [2.75, 3.05) is 16.8 Å². The summed E-state index contributed by atoms with van der Waals surface area (Å²) in [5, 5.41) is 2.92. The van der Waals surface area contributed by atoms with Gasteiger partial charge in [0.05, 0.1) is 0 Å². The van der Waals surface area contributed by atoms with Crippen LogP contribution < -0.4 is 10.2 Å². The predicted molar refractivity (Wildman–Crippen MR) is 73.9 cm³/mol. The number of rotatable bonds is 3. The number of benzene rings is 1. The summed E-state index contributed by atoms with van der Waals surface area (Å²) >= 11 is 0. The van der Waals surface area contributed by atoms with Gasteiger partial charge in [0.2, 0.25) is 11.8 Å². The van der Waals surface area contributed by atoms with Crippen molar-refractivity contribution in [3.05, 3.63) is 24.3 Å². The molecule has 2 aliphatic rings. The van der Waals surface area contributed by atoms with Crippen molar-refractivity contribution in [2.45, 2.75) is 26.2 Å². The molecule has 1 aromatic carbocycles. The molecule has 0 spiro atoms. The standard InChI is InChI=1S/C15H18N2O2/c1-10-9-13(10)15(19)16-11-4-6-12(7-5-11)17-8-2-3-14(17)18/h4-7,10,13H,2-3,8-9H2,1H3,(H,16,19). The lowest BCUT2D eigenvalue weighted by Gasteiger charge is -2.16. The van der Waals surface area contributed by atoms with Crippen LogP contribution in [0.1, 0.15) is 26.2 Å². The minimum atomic E-state index is 0.109. The number of anilines is 2. The minimum Gasteiger partial charge on any atom is -0.326 e. The molecule has 1 N–H and O–H groups in total. The Balaban J connectivity index is 1.65. The highest BCUT2D eigenvalue weighted by Gasteiger charge is 2.39. The Kier molecular flexibility index (Phi) is 3.01. The lowest BCUT2D eigenvalue weighted by atomic mass is 10.2. The highest BCUT2D eigenvalue weighted by molar-refractivity contribution is 5.97. The number of carbonyl (C=O) groups excluding carboxylic acids is 2. The van der Waals surface area contributed by atoms with Gasteiger partial charge in [0.25, 0.3) is 0 Å². The lowest BCUT2D eigenvalue weighted by molar-refractivity contribution is -0.118. The van der Waals surface area contributed by atoms with Crippen molar-refractivity contribution in [3.63, 3.8) is 0 Å². The molecule has 0 radical (unpaired) electrons. The fourth-order valence-electron chi connectivity index (χ4n) is 2.57. The third-order valence-corrected chi connectivity index (χ3v) is 3.97. The van der Waals surface area contributed by atoms with Crippen LogP contribution in [-0.4, -0.2) is 18.4 Å². The van der Waals surface area contributed by atoms with Crippen molar-refractivity contribution in [2.24, 2.45) is 11.8 Å². The molecule has 100 valence electrons. The molecule has 1 saturated carbocycles. The fourth-order valence-corrected chi connectivity index (χ4v) is 2.57. The number of carbonyl (C=O) groups is 2. The molecule has 1 aliphatic heterocycles. The molecule has 19 heavy (non-hydrogen) atoms. The summed E-state index contributed by atoms with van der Waals surface area (Å²) in [5.41, 5.74) is 1.72. The molecule has 2 amide bonds. The van der Waals surface area contributed by atoms with Crippen LogP contribution in [0.15, 0.2) is 24.3 Å². The van der Waals surface area contributed by atoms with E-state index in [2.05, 4.69) is 12.2 Å². The Labute approximate surface area is 112 Å². The van der Waals surface area contributed by atoms with E-state index < -0.39 is 0 Å². The van der Waals surface area contributed by atoms with E-state index in [1.165, 1.54) is 0 Å². The summed E-state index contributed by atoms with van der Waals surface area (Å²) in [5.74, 6) is 0.988. The van der Waals surface area contributed by atoms with Gasteiger partial charge in [-0.15, -0.1) is 0 Å². The van der Waals surface area contributed by atoms with Crippen molar-refractivity contribution in [3.8, 4) is 0 Å². The van der Waals surface area contributed by atoms with Gasteiger partial charge in [0.1, 0.15) is 0 Å². The molecule has 1 heterocycles. The maximum absolute atomic E-state index is 11.8. The van der Waals surface area contributed by atoms with Gasteiger partial charge in [-0.3, -0.25) is 9.59 Å². The number of nitrogens with zero attached hydrogens (tertiary/aromatic N) is 1. The van der Waals surface area contributed by atoms with E-state index in [1.807, 2.05) is 24.3 Å². The van der Waals surface area contributed by atoms with E-state index in [0.717, 1.165) is 30.8 Å². The molecule has 1 aromatic rings. The first-order valence-electron chi connectivity index (χ1n) is 6.86. The van der Waals surface area contributed by atoms with Gasteiger partial charge >= 0.3 is 0 Å². The smallest absolute Gasteiger partial charge is 0.227 e. The summed E-state index contributed by atoms with van der Waals surface area (Å²) in [6.07, 6.45) is 2.56. The van der Waals surface area contributed by atoms with Crippen LogP contribution in [-0.2, 0) is 9.59 Å². The molecule has 0 aromatic heterocycles. The monoisotopic (exact) mass is 258 g/mol. The molecule has 0 bridgehead atoms. The van der Waals surface area contributed by atoms with Gasteiger partial charge in [-0.2, -0.15) is 0 Å². The first kappa shape index (κ1) is 12.2. The zero-order valence-corrected chi connectivity index (χ0v) is 11.1. The summed E-state index contributed by atoms with van der Waals surface area (Å²) in [6, 6.07) is 7.53. The van der Waals surface area contributed by atoms with Crippen LogP contribution in [0.5, 0.6) is 0 Å². The number of hydrogen-bond donors (Lipinski definition) is 1. The Hall–Kier alpha value is -1.84. The van der Waals surface area contributed by atoms with E-state index in [9.17, 15) is 9.59 Å². The highest BCUT2D eigenvalue weighted by Crippen LogP contribution is 2.38. The van der Waals surface area contributed by atoms with Crippen LogP contribution in [0.4, 0.5) is 11.4 Å². The van der Waals surface area contributed by atoms with E-state index in [0.29, 0.717) is 12.3 Å². The molecule has 2 fully saturated rings. The van der Waals surface area contributed by atoms with Gasteiger partial charge in [0.15, 0.2) is 0 Å². The quantitative estimate of drug-likeness (QED) is 0.905. The van der Waals surface area contributed by atoms with Crippen molar-refractivity contribution < 1.29 is 9.59 Å². The van der Waals surface area contributed by atoms with Crippen LogP contribution in [0.2, 0.25) is 0 Å². The van der Waals surface area contributed by atoms with Crippen LogP contribution >= 0.6 is 0 Å². The molecule has 4 heteroatoms. The normalized spacial score (nSPS) is 25.5. The third kappa shape index (κ3) is 2.48. The second-order valence-corrected chi connectivity index (χ2v) is 5.50. The van der Waals surface area contributed by atoms with Crippen molar-refractivity contribution in [1.29, 1.82) is 0 Å². The fraction of sp³-hybridized carbons (Fsp3) is 0.467. The number of hydrogen-bond acceptors (Lipinski definition) is 2. The molecular weight excluding hydrogens is 240 g/mol. The lowest BCUT2D eigenvalue weighted by Crippen LogP contribution is -2.23. The molecule has 3 rings (SSSR count). The van der Waals surface area contributed by atoms with E-state index >= 15 is 0 Å². The molecule has 2 unspecified atom stereocenters. The maximum atomic E-state index is 11.8. The maximum Gasteiger partial charge on any atom is 0.227 e. The SMILES string of the molecule is CC1CC1C(=O)Nc1ccc(N2CCCC2=O)cc1. The average Bonchev–Trinajstić information content (AvgIpc) is 2.98. The number of nitrogens with one attached hydrogen (secondary N) is 1. The summed E-state index contributed by atoms with van der Waals surface area (Å²) in [6.45, 7) is 2.89. The number of amides is 2. The molecule has 1 saturated heterocycles. The van der Waals surface area contributed by atoms with Gasteiger partial charge in [0, 0.05) is 30.3 Å². The molecule has 1 aliphatic carbocycles. The van der Waals surface area contributed by atoms with Gasteiger partial charge in [-0.25, -0.2) is 0 Å². The van der Waals surface area contributed by atoms with Crippen LogP contribution in [0.3, 0.4) is 0 Å². The molecular formula is C15H18N2O2. The third-order valence-electron chi connectivity index (χ3n) is 3.97. The Morgan fingerprint density at radius 2 is 2.00 bits per heavy atom. The van der Waals surface area contributed by atoms with Crippen molar-refractivity contribution in [1.82, 2.24) is 0 Å². The predicted octanol–water partition coefficient (Wildman–Crippen LogP) is 2.41. The van der Waals surface area contributed by atoms with Gasteiger partial charge in [-0.05, 0) is 43.0 Å². The average molecular weight is 258 g/mol. The minimum absolute atomic E-state index is 0.109. The highest BCUT2D eigenvalue weighted by atomic mass is 16.2. The largest absolute Gasteiger partial charge is 0.326 e. The topological polar surface area (TPSA) is 49.4 Å². The van der Waals surface area contributed by atoms with Crippen LogP contribution in [0, 0.1) is 11.8 Å².